The van der Waals surface area contributed by atoms with Crippen molar-refractivity contribution in [3.05, 3.63) is 33.6 Å². The second kappa shape index (κ2) is 6.67. The first kappa shape index (κ1) is 14.9. The molecule has 0 saturated heterocycles. The number of nitrogens with one attached hydrogen (secondary N) is 1. The zero-order valence-electron chi connectivity index (χ0n) is 10.7. The van der Waals surface area contributed by atoms with E-state index in [-0.39, 0.29) is 30.8 Å². The van der Waals surface area contributed by atoms with Gasteiger partial charge in [-0.15, -0.1) is 0 Å². The molecule has 0 aromatic heterocycles. The number of hydrogen-bond acceptors (Lipinski definition) is 5. The molecule has 104 valence electrons. The van der Waals surface area contributed by atoms with Crippen LogP contribution in [0.5, 0.6) is 0 Å². The van der Waals surface area contributed by atoms with Crippen LogP contribution >= 0.6 is 0 Å². The predicted octanol–water partition coefficient (Wildman–Crippen LogP) is 2.41. The molecule has 6 nitrogen and oxygen atoms in total. The summed E-state index contributed by atoms with van der Waals surface area (Å²) < 4.78 is 18.4. The van der Waals surface area contributed by atoms with Crippen LogP contribution in [0, 0.1) is 22.9 Å². The van der Waals surface area contributed by atoms with Crippen molar-refractivity contribution in [2.24, 2.45) is 0 Å². The van der Waals surface area contributed by atoms with Crippen molar-refractivity contribution >= 4 is 17.3 Å². The lowest BCUT2D eigenvalue weighted by atomic mass is 10.1. The summed E-state index contributed by atoms with van der Waals surface area (Å²) in [6.07, 6.45) is 0.0560. The Hall–Kier alpha value is -2.18. The second-order valence-corrected chi connectivity index (χ2v) is 3.83. The molecule has 19 heavy (non-hydrogen) atoms. The van der Waals surface area contributed by atoms with Crippen molar-refractivity contribution in [3.8, 4) is 0 Å². The molecule has 0 unspecified atom stereocenters. The average molecular weight is 270 g/mol. The van der Waals surface area contributed by atoms with Crippen LogP contribution in [0.3, 0.4) is 0 Å². The topological polar surface area (TPSA) is 81.5 Å². The Morgan fingerprint density at radius 2 is 2.21 bits per heavy atom. The highest BCUT2D eigenvalue weighted by molar-refractivity contribution is 5.70. The lowest BCUT2D eigenvalue weighted by Crippen LogP contribution is -2.12. The molecule has 1 N–H and O–H groups in total. The van der Waals surface area contributed by atoms with Crippen LogP contribution in [-0.4, -0.2) is 24.0 Å². The molecule has 0 aliphatic heterocycles. The van der Waals surface area contributed by atoms with E-state index in [2.05, 4.69) is 5.32 Å². The first-order valence-corrected chi connectivity index (χ1v) is 5.80. The summed E-state index contributed by atoms with van der Waals surface area (Å²) in [6, 6.07) is 2.86. The Morgan fingerprint density at radius 1 is 1.53 bits per heavy atom. The Balaban J connectivity index is 2.76. The highest BCUT2D eigenvalue weighted by atomic mass is 19.1. The lowest BCUT2D eigenvalue weighted by molar-refractivity contribution is -0.386. The molecule has 0 fully saturated rings. The maximum Gasteiger partial charge on any atom is 0.327 e. The number of nitro benzene ring substituents is 1. The fourth-order valence-corrected chi connectivity index (χ4v) is 1.52. The molecule has 0 aliphatic rings. The average Bonchev–Trinajstić information content (AvgIpc) is 2.33. The molecule has 0 saturated carbocycles. The Morgan fingerprint density at radius 3 is 2.79 bits per heavy atom. The third kappa shape index (κ3) is 3.90. The fraction of sp³-hybridized carbons (Fsp3) is 0.417. The number of aryl methyl sites for hydroxylation is 1. The lowest BCUT2D eigenvalue weighted by Gasteiger charge is -2.08. The summed E-state index contributed by atoms with van der Waals surface area (Å²) >= 11 is 0. The molecule has 0 amide bonds. The van der Waals surface area contributed by atoms with Gasteiger partial charge >= 0.3 is 11.7 Å². The molecule has 0 heterocycles. The molecule has 0 spiro atoms. The van der Waals surface area contributed by atoms with Gasteiger partial charge in [0.1, 0.15) is 5.69 Å². The Bertz CT molecular complexity index is 491. The van der Waals surface area contributed by atoms with Crippen LogP contribution in [0.1, 0.15) is 18.9 Å². The SMILES string of the molecule is CCOC(=O)CCNc1ccc(C)c(F)c1[N+](=O)[O-]. The summed E-state index contributed by atoms with van der Waals surface area (Å²) in [6.45, 7) is 3.55. The number of nitro groups is 1. The largest absolute Gasteiger partial charge is 0.466 e. The number of esters is 1. The van der Waals surface area contributed by atoms with Gasteiger partial charge in [0.05, 0.1) is 18.0 Å². The minimum atomic E-state index is -0.869. The number of carbonyl (C=O) groups excluding carboxylic acids is 1. The molecule has 0 atom stereocenters. The van der Waals surface area contributed by atoms with Crippen molar-refractivity contribution in [3.63, 3.8) is 0 Å². The number of ether oxygens (including phenoxy) is 1. The molecule has 7 heteroatoms. The van der Waals surface area contributed by atoms with E-state index in [4.69, 9.17) is 4.74 Å². The van der Waals surface area contributed by atoms with E-state index in [0.717, 1.165) is 0 Å². The van der Waals surface area contributed by atoms with Crippen LogP contribution < -0.4 is 5.32 Å². The summed E-state index contributed by atoms with van der Waals surface area (Å²) in [5, 5.41) is 13.5. The van der Waals surface area contributed by atoms with Gasteiger partial charge < -0.3 is 10.1 Å². The van der Waals surface area contributed by atoms with Crippen molar-refractivity contribution in [1.29, 1.82) is 0 Å². The highest BCUT2D eigenvalue weighted by Gasteiger charge is 2.21. The molecule has 0 bridgehead atoms. The summed E-state index contributed by atoms with van der Waals surface area (Å²) in [5.74, 6) is -1.28. The van der Waals surface area contributed by atoms with Gasteiger partial charge in [-0.05, 0) is 25.5 Å². The van der Waals surface area contributed by atoms with Gasteiger partial charge in [0.25, 0.3) is 0 Å². The Labute approximate surface area is 109 Å². The summed E-state index contributed by atoms with van der Waals surface area (Å²) in [4.78, 5) is 21.1. The van der Waals surface area contributed by atoms with E-state index in [1.165, 1.54) is 19.1 Å². The van der Waals surface area contributed by atoms with Gasteiger partial charge in [-0.25, -0.2) is 0 Å². The normalized spacial score (nSPS) is 10.1. The van der Waals surface area contributed by atoms with Gasteiger partial charge in [0, 0.05) is 6.54 Å². The number of nitrogens with zero attached hydrogens (tertiary/aromatic N) is 1. The van der Waals surface area contributed by atoms with E-state index in [0.29, 0.717) is 0 Å². The van der Waals surface area contributed by atoms with Crippen molar-refractivity contribution < 1.29 is 18.8 Å². The van der Waals surface area contributed by atoms with Crippen LogP contribution in [0.4, 0.5) is 15.8 Å². The first-order valence-electron chi connectivity index (χ1n) is 5.80. The van der Waals surface area contributed by atoms with Gasteiger partial charge in [-0.3, -0.25) is 14.9 Å². The fourth-order valence-electron chi connectivity index (χ4n) is 1.52. The molecule has 1 aromatic carbocycles. The van der Waals surface area contributed by atoms with Crippen molar-refractivity contribution in [1.82, 2.24) is 0 Å². The number of anilines is 1. The van der Waals surface area contributed by atoms with E-state index < -0.39 is 22.4 Å². The van der Waals surface area contributed by atoms with Crippen LogP contribution in [0.15, 0.2) is 12.1 Å². The molecule has 0 radical (unpaired) electrons. The molecular weight excluding hydrogens is 255 g/mol. The second-order valence-electron chi connectivity index (χ2n) is 3.83. The predicted molar refractivity (Wildman–Crippen MR) is 67.5 cm³/mol. The minimum absolute atomic E-state index is 0.0531. The number of carbonyl (C=O) groups is 1. The Kier molecular flexibility index (Phi) is 5.23. The number of hydrogen-bond donors (Lipinski definition) is 1. The number of rotatable bonds is 6. The van der Waals surface area contributed by atoms with E-state index in [1.807, 2.05) is 0 Å². The van der Waals surface area contributed by atoms with Gasteiger partial charge in [-0.1, -0.05) is 6.07 Å². The maximum absolute atomic E-state index is 13.6. The standard InChI is InChI=1S/C12H15FN2O4/c1-3-19-10(16)6-7-14-9-5-4-8(2)11(13)12(9)15(17)18/h4-5,14H,3,6-7H2,1-2H3. The van der Waals surface area contributed by atoms with Gasteiger partial charge in [0.2, 0.25) is 5.82 Å². The first-order chi connectivity index (χ1) is 8.97. The van der Waals surface area contributed by atoms with E-state index >= 15 is 0 Å². The monoisotopic (exact) mass is 270 g/mol. The van der Waals surface area contributed by atoms with Crippen LogP contribution in [0.2, 0.25) is 0 Å². The molecule has 1 rings (SSSR count). The smallest absolute Gasteiger partial charge is 0.327 e. The molecular formula is C12H15FN2O4. The zero-order valence-corrected chi connectivity index (χ0v) is 10.7. The van der Waals surface area contributed by atoms with Gasteiger partial charge in [-0.2, -0.15) is 4.39 Å². The minimum Gasteiger partial charge on any atom is -0.466 e. The third-order valence-corrected chi connectivity index (χ3v) is 2.44. The quantitative estimate of drug-likeness (QED) is 0.487. The van der Waals surface area contributed by atoms with Crippen molar-refractivity contribution in [2.45, 2.75) is 20.3 Å². The zero-order chi connectivity index (χ0) is 14.4. The van der Waals surface area contributed by atoms with E-state index in [1.54, 1.807) is 6.92 Å². The number of halogens is 1. The van der Waals surface area contributed by atoms with Crippen molar-refractivity contribution in [2.75, 3.05) is 18.5 Å². The third-order valence-electron chi connectivity index (χ3n) is 2.44. The molecule has 0 aliphatic carbocycles. The molecule has 1 aromatic rings. The number of benzene rings is 1. The van der Waals surface area contributed by atoms with Crippen LogP contribution in [-0.2, 0) is 9.53 Å². The summed E-state index contributed by atoms with van der Waals surface area (Å²) in [5.41, 5.74) is -0.357. The maximum atomic E-state index is 13.6. The highest BCUT2D eigenvalue weighted by Crippen LogP contribution is 2.29. The van der Waals surface area contributed by atoms with Gasteiger partial charge in [0.15, 0.2) is 0 Å². The van der Waals surface area contributed by atoms with E-state index in [9.17, 15) is 19.3 Å². The summed E-state index contributed by atoms with van der Waals surface area (Å²) in [7, 11) is 0. The van der Waals surface area contributed by atoms with Crippen LogP contribution in [0.25, 0.3) is 0 Å².